The molecule has 3 N–H and O–H groups in total. The number of carbonyl (C=O) groups is 2. The number of phosphoric ester groups is 1. The second kappa shape index (κ2) is 38.0. The van der Waals surface area contributed by atoms with Gasteiger partial charge in [-0.1, -0.05) is 120 Å². The van der Waals surface area contributed by atoms with Crippen molar-refractivity contribution >= 4 is 19.8 Å². The van der Waals surface area contributed by atoms with Gasteiger partial charge in [0.1, 0.15) is 12.7 Å². The van der Waals surface area contributed by atoms with Gasteiger partial charge in [-0.25, -0.2) is 4.57 Å². The third-order valence-electron chi connectivity index (χ3n) is 8.14. The topological polar surface area (TPSA) is 149 Å². The van der Waals surface area contributed by atoms with Crippen LogP contribution in [0.3, 0.4) is 0 Å². The normalized spacial score (nSPS) is 14.6. The predicted octanol–water partition coefficient (Wildman–Crippen LogP) is 10.3. The smallest absolute Gasteiger partial charge is 0.462 e. The number of rotatable bonds is 37. The Bertz CT molecular complexity index is 1070. The van der Waals surface area contributed by atoms with Crippen molar-refractivity contribution in [1.29, 1.82) is 0 Å². The van der Waals surface area contributed by atoms with Gasteiger partial charge in [0.2, 0.25) is 0 Å². The first kappa shape index (κ1) is 50.7. The minimum atomic E-state index is -4.63. The number of unbranched alkanes of at least 4 members (excludes halogenated alkanes) is 13. The Kier molecular flexibility index (Phi) is 36.3. The number of aliphatic hydroxyl groups excluding tert-OH is 2. The van der Waals surface area contributed by atoms with Gasteiger partial charge in [0.05, 0.1) is 19.8 Å². The van der Waals surface area contributed by atoms with Gasteiger partial charge in [0, 0.05) is 12.8 Å². The molecule has 11 heteroatoms. The first-order valence-corrected chi connectivity index (χ1v) is 21.7. The van der Waals surface area contributed by atoms with Crippen molar-refractivity contribution < 1.29 is 47.8 Å². The van der Waals surface area contributed by atoms with Crippen LogP contribution in [-0.2, 0) is 32.7 Å². The molecule has 0 aliphatic heterocycles. The van der Waals surface area contributed by atoms with Crippen LogP contribution in [0, 0.1) is 0 Å². The lowest BCUT2D eigenvalue weighted by Crippen LogP contribution is -2.29. The fraction of sp³-hybridized carbons (Fsp3) is 0.714. The van der Waals surface area contributed by atoms with E-state index in [1.807, 2.05) is 0 Å². The second-order valence-corrected chi connectivity index (χ2v) is 14.8. The third kappa shape index (κ3) is 37.8. The molecule has 1 unspecified atom stereocenters. The van der Waals surface area contributed by atoms with Gasteiger partial charge in [0.25, 0.3) is 0 Å². The van der Waals surface area contributed by atoms with Gasteiger partial charge >= 0.3 is 19.8 Å². The molecule has 0 aromatic rings. The molecule has 0 aliphatic carbocycles. The van der Waals surface area contributed by atoms with Crippen molar-refractivity contribution in [2.45, 2.75) is 167 Å². The summed E-state index contributed by atoms with van der Waals surface area (Å²) in [5, 5.41) is 18.3. The molecule has 3 atom stereocenters. The summed E-state index contributed by atoms with van der Waals surface area (Å²) in [6.07, 6.45) is 40.4. The fourth-order valence-electron chi connectivity index (χ4n) is 4.97. The molecule has 0 saturated carbocycles. The maximum atomic E-state index is 12.6. The summed E-state index contributed by atoms with van der Waals surface area (Å²) in [4.78, 5) is 34.9. The Hall–Kier alpha value is -2.33. The second-order valence-electron chi connectivity index (χ2n) is 13.3. The van der Waals surface area contributed by atoms with E-state index in [9.17, 15) is 24.2 Å². The van der Waals surface area contributed by atoms with Gasteiger partial charge in [-0.05, 0) is 83.5 Å². The molecular formula is C42H73O10P. The quantitative estimate of drug-likeness (QED) is 0.0241. The number of allylic oxidation sites excluding steroid dienone is 10. The minimum absolute atomic E-state index is 0.130. The summed E-state index contributed by atoms with van der Waals surface area (Å²) in [5.41, 5.74) is 0. The largest absolute Gasteiger partial charge is 0.472 e. The summed E-state index contributed by atoms with van der Waals surface area (Å²) in [5.74, 6) is -0.992. The van der Waals surface area contributed by atoms with Gasteiger partial charge in [-0.15, -0.1) is 0 Å². The molecule has 0 heterocycles. The molecule has 10 nitrogen and oxygen atoms in total. The van der Waals surface area contributed by atoms with E-state index in [2.05, 4.69) is 79.1 Å². The number of hydrogen-bond donors (Lipinski definition) is 3. The van der Waals surface area contributed by atoms with Crippen LogP contribution in [0.5, 0.6) is 0 Å². The highest BCUT2D eigenvalue weighted by Crippen LogP contribution is 2.43. The van der Waals surface area contributed by atoms with Crippen molar-refractivity contribution in [2.75, 3.05) is 26.4 Å². The monoisotopic (exact) mass is 768 g/mol. The van der Waals surface area contributed by atoms with Crippen molar-refractivity contribution in [1.82, 2.24) is 0 Å². The number of ether oxygens (including phenoxy) is 2. The summed E-state index contributed by atoms with van der Waals surface area (Å²) in [7, 11) is -4.63. The predicted molar refractivity (Wildman–Crippen MR) is 214 cm³/mol. The summed E-state index contributed by atoms with van der Waals surface area (Å²) in [6.45, 7) is 2.24. The van der Waals surface area contributed by atoms with E-state index in [4.69, 9.17) is 19.1 Å². The van der Waals surface area contributed by atoms with Crippen molar-refractivity contribution in [3.8, 4) is 0 Å². The van der Waals surface area contributed by atoms with Crippen molar-refractivity contribution in [2.24, 2.45) is 0 Å². The fourth-order valence-corrected chi connectivity index (χ4v) is 5.76. The zero-order valence-corrected chi connectivity index (χ0v) is 33.9. The van der Waals surface area contributed by atoms with E-state index in [-0.39, 0.29) is 19.4 Å². The lowest BCUT2D eigenvalue weighted by atomic mass is 10.1. The SMILES string of the molecule is CCCCC/C=C/C/C=C/C/C=C/CCCCC(=O)O[C@H](COC(=O)CCCCCCC/C=C/C/C=C/CCCCC)COP(=O)(O)OC[C@@H](O)CO. The first-order valence-electron chi connectivity index (χ1n) is 20.2. The lowest BCUT2D eigenvalue weighted by molar-refractivity contribution is -0.161. The molecule has 0 aromatic carbocycles. The third-order valence-corrected chi connectivity index (χ3v) is 9.10. The molecule has 0 saturated heterocycles. The highest BCUT2D eigenvalue weighted by molar-refractivity contribution is 7.47. The number of hydrogen-bond acceptors (Lipinski definition) is 9. The van der Waals surface area contributed by atoms with Crippen molar-refractivity contribution in [3.63, 3.8) is 0 Å². The van der Waals surface area contributed by atoms with Crippen LogP contribution in [0.2, 0.25) is 0 Å². The first-order chi connectivity index (χ1) is 25.7. The maximum absolute atomic E-state index is 12.6. The molecule has 306 valence electrons. The Morgan fingerprint density at radius 2 is 0.981 bits per heavy atom. The Morgan fingerprint density at radius 3 is 1.51 bits per heavy atom. The van der Waals surface area contributed by atoms with Crippen LogP contribution in [0.4, 0.5) is 0 Å². The molecule has 0 radical (unpaired) electrons. The van der Waals surface area contributed by atoms with Crippen LogP contribution in [0.15, 0.2) is 60.8 Å². The summed E-state index contributed by atoms with van der Waals surface area (Å²) < 4.78 is 32.6. The molecular weight excluding hydrogens is 695 g/mol. The van der Waals surface area contributed by atoms with Gasteiger partial charge in [-0.3, -0.25) is 18.6 Å². The molecule has 0 fully saturated rings. The van der Waals surface area contributed by atoms with E-state index in [1.165, 1.54) is 38.5 Å². The Balaban J connectivity index is 4.45. The molecule has 0 aliphatic rings. The van der Waals surface area contributed by atoms with Gasteiger partial charge in [0.15, 0.2) is 6.10 Å². The standard InChI is InChI=1S/C42H73O10P/c1-3-5-7-9-11-13-15-17-19-21-23-25-27-29-31-33-41(45)49-37-40(38-51-53(47,48)50-36-39(44)35-43)52-42(46)34-32-30-28-26-24-22-20-18-16-14-12-10-8-6-4-2/h11-14,17-20,24,26,39-40,43-44H,3-10,15-16,21-23,25,27-38H2,1-2H3,(H,47,48)/b13-11+,14-12+,19-17+,20-18+,26-24+/t39-,40+/m0/s1. The number of phosphoric acid groups is 1. The van der Waals surface area contributed by atoms with Crippen LogP contribution >= 0.6 is 7.82 Å². The zero-order valence-electron chi connectivity index (χ0n) is 33.0. The van der Waals surface area contributed by atoms with E-state index >= 15 is 0 Å². The molecule has 53 heavy (non-hydrogen) atoms. The average Bonchev–Trinajstić information content (AvgIpc) is 3.14. The van der Waals surface area contributed by atoms with Crippen LogP contribution in [0.1, 0.15) is 155 Å². The summed E-state index contributed by atoms with van der Waals surface area (Å²) >= 11 is 0. The van der Waals surface area contributed by atoms with Gasteiger partial charge < -0.3 is 24.6 Å². The number of aliphatic hydroxyl groups is 2. The highest BCUT2D eigenvalue weighted by atomic mass is 31.2. The zero-order chi connectivity index (χ0) is 39.1. The van der Waals surface area contributed by atoms with Crippen molar-refractivity contribution in [3.05, 3.63) is 60.8 Å². The molecule has 0 aromatic heterocycles. The van der Waals surface area contributed by atoms with Crippen LogP contribution in [-0.4, -0.2) is 65.7 Å². The van der Waals surface area contributed by atoms with E-state index in [1.54, 1.807) is 0 Å². The lowest BCUT2D eigenvalue weighted by Gasteiger charge is -2.20. The van der Waals surface area contributed by atoms with E-state index in [0.717, 1.165) is 77.0 Å². The van der Waals surface area contributed by atoms with Gasteiger partial charge in [-0.2, -0.15) is 0 Å². The molecule has 0 amide bonds. The van der Waals surface area contributed by atoms with E-state index < -0.39 is 51.8 Å². The summed E-state index contributed by atoms with van der Waals surface area (Å²) in [6, 6.07) is 0. The maximum Gasteiger partial charge on any atom is 0.472 e. The highest BCUT2D eigenvalue weighted by Gasteiger charge is 2.27. The minimum Gasteiger partial charge on any atom is -0.462 e. The Morgan fingerprint density at radius 1 is 0.566 bits per heavy atom. The number of carbonyl (C=O) groups excluding carboxylic acids is 2. The van der Waals surface area contributed by atoms with Crippen LogP contribution < -0.4 is 0 Å². The molecule has 0 rings (SSSR count). The van der Waals surface area contributed by atoms with Crippen LogP contribution in [0.25, 0.3) is 0 Å². The average molecular weight is 769 g/mol. The number of esters is 2. The van der Waals surface area contributed by atoms with E-state index in [0.29, 0.717) is 12.8 Å². The molecule has 0 spiro atoms. The Labute approximate surface area is 321 Å². The molecule has 0 bridgehead atoms.